The van der Waals surface area contributed by atoms with Crippen LogP contribution in [-0.4, -0.2) is 55.3 Å². The van der Waals surface area contributed by atoms with Gasteiger partial charge in [-0.05, 0) is 57.9 Å². The molecule has 38 heavy (non-hydrogen) atoms. The number of benzene rings is 2. The largest absolute Gasteiger partial charge is 0.437 e. The topological polar surface area (TPSA) is 155 Å². The van der Waals surface area contributed by atoms with E-state index >= 15 is 0 Å². The van der Waals surface area contributed by atoms with Gasteiger partial charge in [0.15, 0.2) is 5.69 Å². The third-order valence-corrected chi connectivity index (χ3v) is 7.17. The van der Waals surface area contributed by atoms with Crippen LogP contribution in [0.5, 0.6) is 11.6 Å². The number of non-ortho nitro benzene ring substituents is 1. The van der Waals surface area contributed by atoms with Crippen molar-refractivity contribution in [2.75, 3.05) is 20.3 Å². The molecule has 12 nitrogen and oxygen atoms in total. The number of nitro groups is 1. The Morgan fingerprint density at radius 1 is 1.16 bits per heavy atom. The van der Waals surface area contributed by atoms with Gasteiger partial charge in [0.05, 0.1) is 17.2 Å². The second-order valence-electron chi connectivity index (χ2n) is 9.00. The summed E-state index contributed by atoms with van der Waals surface area (Å²) < 4.78 is 41.2. The molecule has 3 rings (SSSR count). The summed E-state index contributed by atoms with van der Waals surface area (Å²) in [7, 11) is -2.68. The van der Waals surface area contributed by atoms with Crippen molar-refractivity contribution < 1.29 is 27.6 Å². The van der Waals surface area contributed by atoms with Crippen molar-refractivity contribution in [3.63, 3.8) is 0 Å². The molecule has 2 aromatic carbocycles. The molecular formula is C25H31N5O7S. The molecule has 1 aromatic heterocycles. The summed E-state index contributed by atoms with van der Waals surface area (Å²) in [5.41, 5.74) is 2.37. The Balaban J connectivity index is 2.22. The second kappa shape index (κ2) is 11.7. The summed E-state index contributed by atoms with van der Waals surface area (Å²) in [5, 5.41) is 18.6. The number of nitrogens with one attached hydrogen (secondary N) is 2. The number of rotatable bonds is 11. The third-order valence-electron chi connectivity index (χ3n) is 5.49. The molecule has 204 valence electrons. The minimum Gasteiger partial charge on any atom is -0.437 e. The highest BCUT2D eigenvalue weighted by molar-refractivity contribution is 7.89. The van der Waals surface area contributed by atoms with Crippen LogP contribution in [0.1, 0.15) is 41.0 Å². The van der Waals surface area contributed by atoms with E-state index in [-0.39, 0.29) is 23.9 Å². The average molecular weight is 546 g/mol. The lowest BCUT2D eigenvalue weighted by atomic mass is 10.1. The fourth-order valence-electron chi connectivity index (χ4n) is 3.66. The first-order valence-corrected chi connectivity index (χ1v) is 13.3. The van der Waals surface area contributed by atoms with E-state index in [9.17, 15) is 23.3 Å². The van der Waals surface area contributed by atoms with Gasteiger partial charge < -0.3 is 14.8 Å². The van der Waals surface area contributed by atoms with E-state index in [1.165, 1.54) is 17.9 Å². The zero-order valence-electron chi connectivity index (χ0n) is 22.1. The van der Waals surface area contributed by atoms with Gasteiger partial charge in [-0.25, -0.2) is 13.1 Å². The van der Waals surface area contributed by atoms with Crippen LogP contribution in [0.3, 0.4) is 0 Å². The van der Waals surface area contributed by atoms with Gasteiger partial charge in [-0.1, -0.05) is 12.1 Å². The number of aromatic nitrogens is 2. The number of methoxy groups -OCH3 is 1. The molecule has 0 atom stereocenters. The molecule has 0 radical (unpaired) electrons. The van der Waals surface area contributed by atoms with Gasteiger partial charge in [-0.15, -0.1) is 0 Å². The molecule has 13 heteroatoms. The molecule has 0 aliphatic heterocycles. The molecule has 2 N–H and O–H groups in total. The molecule has 0 bridgehead atoms. The SMILES string of the molecule is COCCNC(=O)c1nn(-c2cc(C)ccc2C)c(Oc2ccc([N+](=O)[O-])cc2S(=O)(=O)NC(C)C)c1C. The Kier molecular flexibility index (Phi) is 8.86. The molecule has 0 fully saturated rings. The van der Waals surface area contributed by atoms with Gasteiger partial charge in [-0.3, -0.25) is 14.9 Å². The van der Waals surface area contributed by atoms with Crippen molar-refractivity contribution in [2.45, 2.75) is 45.6 Å². The predicted molar refractivity (Wildman–Crippen MR) is 141 cm³/mol. The molecule has 3 aromatic rings. The van der Waals surface area contributed by atoms with Crippen molar-refractivity contribution in [3.8, 4) is 17.3 Å². The van der Waals surface area contributed by atoms with E-state index in [0.717, 1.165) is 23.3 Å². The van der Waals surface area contributed by atoms with Crippen LogP contribution in [0, 0.1) is 30.9 Å². The highest BCUT2D eigenvalue weighted by atomic mass is 32.2. The van der Waals surface area contributed by atoms with Crippen molar-refractivity contribution in [3.05, 3.63) is 68.9 Å². The maximum Gasteiger partial charge on any atom is 0.272 e. The molecule has 0 aliphatic rings. The van der Waals surface area contributed by atoms with Crippen molar-refractivity contribution in [2.24, 2.45) is 0 Å². The Bertz CT molecular complexity index is 1460. The number of amides is 1. The summed E-state index contributed by atoms with van der Waals surface area (Å²) in [4.78, 5) is 23.2. The molecule has 0 saturated carbocycles. The zero-order valence-corrected chi connectivity index (χ0v) is 22.9. The van der Waals surface area contributed by atoms with Crippen LogP contribution in [-0.2, 0) is 14.8 Å². The Labute approximate surface area is 221 Å². The van der Waals surface area contributed by atoms with Crippen molar-refractivity contribution in [1.82, 2.24) is 19.8 Å². The van der Waals surface area contributed by atoms with Crippen LogP contribution < -0.4 is 14.8 Å². The standard InChI is InChI=1S/C25H31N5O7S/c1-15(2)28-38(34,35)22-14-19(30(32)33)9-10-21(22)37-25-18(5)23(24(31)26-11-12-36-6)27-29(25)20-13-16(3)7-8-17(20)4/h7-10,13-15,28H,11-12H2,1-6H3,(H,26,31). The third kappa shape index (κ3) is 6.36. The number of nitro benzene ring substituents is 1. The number of carbonyl (C=O) groups excluding carboxylic acids is 1. The van der Waals surface area contributed by atoms with E-state index in [2.05, 4.69) is 15.1 Å². The van der Waals surface area contributed by atoms with Crippen molar-refractivity contribution >= 4 is 21.6 Å². The van der Waals surface area contributed by atoms with Crippen LogP contribution in [0.15, 0.2) is 41.3 Å². The van der Waals surface area contributed by atoms with Gasteiger partial charge in [0, 0.05) is 37.4 Å². The minimum atomic E-state index is -4.20. The number of hydrogen-bond acceptors (Lipinski definition) is 8. The highest BCUT2D eigenvalue weighted by Crippen LogP contribution is 2.36. The Hall–Kier alpha value is -3.81. The first-order chi connectivity index (χ1) is 17.9. The quantitative estimate of drug-likeness (QED) is 0.211. The van der Waals surface area contributed by atoms with E-state index in [1.54, 1.807) is 20.8 Å². The highest BCUT2D eigenvalue weighted by Gasteiger charge is 2.28. The number of aryl methyl sites for hydroxylation is 2. The molecule has 0 saturated heterocycles. The summed E-state index contributed by atoms with van der Waals surface area (Å²) >= 11 is 0. The van der Waals surface area contributed by atoms with E-state index in [1.807, 2.05) is 32.0 Å². The fraction of sp³-hybridized carbons (Fsp3) is 0.360. The monoisotopic (exact) mass is 545 g/mol. The summed E-state index contributed by atoms with van der Waals surface area (Å²) in [6.07, 6.45) is 0. The lowest BCUT2D eigenvalue weighted by Gasteiger charge is -2.16. The Morgan fingerprint density at radius 3 is 2.50 bits per heavy atom. The van der Waals surface area contributed by atoms with E-state index in [4.69, 9.17) is 9.47 Å². The lowest BCUT2D eigenvalue weighted by Crippen LogP contribution is -2.30. The minimum absolute atomic E-state index is 0.0728. The van der Waals surface area contributed by atoms with Crippen LogP contribution in [0.2, 0.25) is 0 Å². The summed E-state index contributed by atoms with van der Waals surface area (Å²) in [6, 6.07) is 8.49. The summed E-state index contributed by atoms with van der Waals surface area (Å²) in [6.45, 7) is 9.21. The second-order valence-corrected chi connectivity index (χ2v) is 10.7. The number of carbonyl (C=O) groups is 1. The van der Waals surface area contributed by atoms with Gasteiger partial charge in [0.2, 0.25) is 15.9 Å². The van der Waals surface area contributed by atoms with E-state index in [0.29, 0.717) is 17.9 Å². The first kappa shape index (κ1) is 28.8. The van der Waals surface area contributed by atoms with Crippen LogP contribution >= 0.6 is 0 Å². The first-order valence-electron chi connectivity index (χ1n) is 11.8. The normalized spacial score (nSPS) is 11.6. The average Bonchev–Trinajstić information content (AvgIpc) is 3.15. The molecule has 1 heterocycles. The number of nitrogens with zero attached hydrogens (tertiary/aromatic N) is 3. The Morgan fingerprint density at radius 2 is 1.87 bits per heavy atom. The maximum absolute atomic E-state index is 13.1. The van der Waals surface area contributed by atoms with Crippen LogP contribution in [0.4, 0.5) is 5.69 Å². The number of ether oxygens (including phenoxy) is 2. The molecule has 1 amide bonds. The van der Waals surface area contributed by atoms with Gasteiger partial charge in [0.25, 0.3) is 11.6 Å². The predicted octanol–water partition coefficient (Wildman–Crippen LogP) is 3.56. The summed E-state index contributed by atoms with van der Waals surface area (Å²) in [5.74, 6) is -0.540. The maximum atomic E-state index is 13.1. The molecule has 0 aliphatic carbocycles. The molecule has 0 spiro atoms. The molecule has 0 unspecified atom stereocenters. The van der Waals surface area contributed by atoms with Gasteiger partial charge >= 0.3 is 0 Å². The van der Waals surface area contributed by atoms with Gasteiger partial charge in [0.1, 0.15) is 10.6 Å². The smallest absolute Gasteiger partial charge is 0.272 e. The number of hydrogen-bond donors (Lipinski definition) is 2. The van der Waals surface area contributed by atoms with E-state index < -0.39 is 37.5 Å². The lowest BCUT2D eigenvalue weighted by molar-refractivity contribution is -0.385. The number of sulfonamides is 1. The van der Waals surface area contributed by atoms with Gasteiger partial charge in [-0.2, -0.15) is 9.78 Å². The zero-order chi connectivity index (χ0) is 28.2. The van der Waals surface area contributed by atoms with Crippen LogP contribution in [0.25, 0.3) is 5.69 Å². The van der Waals surface area contributed by atoms with Crippen molar-refractivity contribution in [1.29, 1.82) is 0 Å². The molecular weight excluding hydrogens is 514 g/mol. The fourth-order valence-corrected chi connectivity index (χ4v) is 5.06.